The summed E-state index contributed by atoms with van der Waals surface area (Å²) in [5.74, 6) is 0. The molecular formula is C14H22N2O3S. The zero-order chi connectivity index (χ0) is 14.6. The van der Waals surface area contributed by atoms with Crippen molar-refractivity contribution in [2.24, 2.45) is 0 Å². The number of hydrogen-bond donors (Lipinski definition) is 2. The summed E-state index contributed by atoms with van der Waals surface area (Å²) in [6.07, 6.45) is 4.16. The lowest BCUT2D eigenvalue weighted by Gasteiger charge is -2.22. The van der Waals surface area contributed by atoms with E-state index in [1.165, 1.54) is 6.07 Å². The normalized spacial score (nSPS) is 19.9. The molecule has 1 aromatic carbocycles. The van der Waals surface area contributed by atoms with Crippen molar-refractivity contribution in [2.45, 2.75) is 43.6 Å². The summed E-state index contributed by atoms with van der Waals surface area (Å²) in [6, 6.07) is 4.91. The van der Waals surface area contributed by atoms with Crippen LogP contribution in [0.5, 0.6) is 0 Å². The van der Waals surface area contributed by atoms with Crippen molar-refractivity contribution in [1.82, 2.24) is 4.72 Å². The van der Waals surface area contributed by atoms with Crippen LogP contribution in [0.1, 0.15) is 31.2 Å². The summed E-state index contributed by atoms with van der Waals surface area (Å²) in [5.41, 5.74) is 6.80. The fourth-order valence-electron chi connectivity index (χ4n) is 2.37. The Kier molecular flexibility index (Phi) is 5.01. The van der Waals surface area contributed by atoms with Crippen molar-refractivity contribution >= 4 is 15.7 Å². The molecule has 0 saturated carbocycles. The van der Waals surface area contributed by atoms with Gasteiger partial charge in [-0.05, 0) is 50.3 Å². The van der Waals surface area contributed by atoms with E-state index >= 15 is 0 Å². The van der Waals surface area contributed by atoms with Crippen molar-refractivity contribution in [3.63, 3.8) is 0 Å². The smallest absolute Gasteiger partial charge is 0.240 e. The second-order valence-electron chi connectivity index (χ2n) is 5.20. The van der Waals surface area contributed by atoms with Crippen LogP contribution in [0.2, 0.25) is 0 Å². The first-order chi connectivity index (χ1) is 9.49. The largest absolute Gasteiger partial charge is 0.399 e. The second kappa shape index (κ2) is 6.56. The van der Waals surface area contributed by atoms with E-state index < -0.39 is 10.0 Å². The van der Waals surface area contributed by atoms with E-state index in [-0.39, 0.29) is 11.0 Å². The first-order valence-electron chi connectivity index (χ1n) is 6.96. The van der Waals surface area contributed by atoms with Crippen LogP contribution in [0.3, 0.4) is 0 Å². The van der Waals surface area contributed by atoms with Crippen LogP contribution in [0.4, 0.5) is 5.69 Å². The Morgan fingerprint density at radius 3 is 2.90 bits per heavy atom. The van der Waals surface area contributed by atoms with Gasteiger partial charge >= 0.3 is 0 Å². The Labute approximate surface area is 120 Å². The summed E-state index contributed by atoms with van der Waals surface area (Å²) in [5, 5.41) is 0. The van der Waals surface area contributed by atoms with Gasteiger partial charge in [-0.3, -0.25) is 0 Å². The molecule has 0 amide bonds. The van der Waals surface area contributed by atoms with Crippen LogP contribution in [0, 0.1) is 6.92 Å². The molecule has 1 atom stereocenters. The number of benzene rings is 1. The van der Waals surface area contributed by atoms with Crippen molar-refractivity contribution in [3.05, 3.63) is 23.8 Å². The predicted molar refractivity (Wildman–Crippen MR) is 79.0 cm³/mol. The molecule has 0 aliphatic carbocycles. The molecule has 5 nitrogen and oxygen atoms in total. The molecule has 1 unspecified atom stereocenters. The lowest BCUT2D eigenvalue weighted by Crippen LogP contribution is -2.30. The van der Waals surface area contributed by atoms with Gasteiger partial charge in [0.25, 0.3) is 0 Å². The minimum absolute atomic E-state index is 0.174. The van der Waals surface area contributed by atoms with E-state index in [1.807, 2.05) is 0 Å². The minimum atomic E-state index is -3.50. The Bertz CT molecular complexity index is 552. The Morgan fingerprint density at radius 1 is 1.40 bits per heavy atom. The molecule has 6 heteroatoms. The lowest BCUT2D eigenvalue weighted by atomic mass is 10.1. The van der Waals surface area contributed by atoms with Gasteiger partial charge in [0.15, 0.2) is 0 Å². The molecule has 3 N–H and O–H groups in total. The van der Waals surface area contributed by atoms with Gasteiger partial charge in [0, 0.05) is 18.8 Å². The molecule has 1 aliphatic heterocycles. The monoisotopic (exact) mass is 298 g/mol. The summed E-state index contributed by atoms with van der Waals surface area (Å²) >= 11 is 0. The maximum absolute atomic E-state index is 12.2. The minimum Gasteiger partial charge on any atom is -0.399 e. The molecule has 112 valence electrons. The molecule has 0 bridgehead atoms. The second-order valence-corrected chi connectivity index (χ2v) is 6.94. The van der Waals surface area contributed by atoms with Crippen molar-refractivity contribution in [3.8, 4) is 0 Å². The topological polar surface area (TPSA) is 81.4 Å². The zero-order valence-electron chi connectivity index (χ0n) is 11.8. The van der Waals surface area contributed by atoms with E-state index in [4.69, 9.17) is 10.5 Å². The van der Waals surface area contributed by atoms with Crippen LogP contribution in [0.25, 0.3) is 0 Å². The molecule has 1 saturated heterocycles. The van der Waals surface area contributed by atoms with Crippen LogP contribution >= 0.6 is 0 Å². The molecule has 1 aromatic rings. The number of anilines is 1. The molecule has 0 radical (unpaired) electrons. The van der Waals surface area contributed by atoms with Gasteiger partial charge in [-0.25, -0.2) is 13.1 Å². The third-order valence-electron chi connectivity index (χ3n) is 3.53. The fraction of sp³-hybridized carbons (Fsp3) is 0.571. The first kappa shape index (κ1) is 15.3. The van der Waals surface area contributed by atoms with Crippen LogP contribution in [0.15, 0.2) is 23.1 Å². The number of sulfonamides is 1. The highest BCUT2D eigenvalue weighted by atomic mass is 32.2. The summed E-state index contributed by atoms with van der Waals surface area (Å²) in [7, 11) is -3.50. The summed E-state index contributed by atoms with van der Waals surface area (Å²) in [6.45, 7) is 2.94. The Hall–Kier alpha value is -1.11. The SMILES string of the molecule is Cc1ccc(N)cc1S(=O)(=O)NCCC1CCCCO1. The highest BCUT2D eigenvalue weighted by Gasteiger charge is 2.18. The van der Waals surface area contributed by atoms with E-state index in [0.717, 1.165) is 25.9 Å². The maximum atomic E-state index is 12.2. The van der Waals surface area contributed by atoms with Crippen LogP contribution < -0.4 is 10.5 Å². The van der Waals surface area contributed by atoms with Gasteiger partial charge < -0.3 is 10.5 Å². The quantitative estimate of drug-likeness (QED) is 0.812. The van der Waals surface area contributed by atoms with Gasteiger partial charge in [0.05, 0.1) is 11.0 Å². The van der Waals surface area contributed by atoms with Gasteiger partial charge in [-0.2, -0.15) is 0 Å². The number of hydrogen-bond acceptors (Lipinski definition) is 4. The van der Waals surface area contributed by atoms with Gasteiger partial charge in [0.1, 0.15) is 0 Å². The first-order valence-corrected chi connectivity index (χ1v) is 8.45. The van der Waals surface area contributed by atoms with Crippen molar-refractivity contribution in [1.29, 1.82) is 0 Å². The average Bonchev–Trinajstić information content (AvgIpc) is 2.42. The standard InChI is InChI=1S/C14H22N2O3S/c1-11-5-6-12(15)10-14(11)20(17,18)16-8-7-13-4-2-3-9-19-13/h5-6,10,13,16H,2-4,7-9,15H2,1H3. The zero-order valence-corrected chi connectivity index (χ0v) is 12.6. The van der Waals surface area contributed by atoms with Gasteiger partial charge in [-0.1, -0.05) is 6.07 Å². The number of nitrogens with two attached hydrogens (primary N) is 1. The third-order valence-corrected chi connectivity index (χ3v) is 5.14. The molecule has 1 aliphatic rings. The van der Waals surface area contributed by atoms with Crippen LogP contribution in [-0.2, 0) is 14.8 Å². The molecule has 20 heavy (non-hydrogen) atoms. The van der Waals surface area contributed by atoms with E-state index in [9.17, 15) is 8.42 Å². The molecule has 1 heterocycles. The Balaban J connectivity index is 1.95. The number of aryl methyl sites for hydroxylation is 1. The number of ether oxygens (including phenoxy) is 1. The van der Waals surface area contributed by atoms with Gasteiger partial charge in [0.2, 0.25) is 10.0 Å². The molecule has 2 rings (SSSR count). The van der Waals surface area contributed by atoms with Crippen molar-refractivity contribution in [2.75, 3.05) is 18.9 Å². The average molecular weight is 298 g/mol. The van der Waals surface area contributed by atoms with E-state index in [1.54, 1.807) is 19.1 Å². The molecule has 1 fully saturated rings. The van der Waals surface area contributed by atoms with Gasteiger partial charge in [-0.15, -0.1) is 0 Å². The Morgan fingerprint density at radius 2 is 2.20 bits per heavy atom. The highest BCUT2D eigenvalue weighted by molar-refractivity contribution is 7.89. The fourth-order valence-corrected chi connectivity index (χ4v) is 3.70. The number of nitrogens with one attached hydrogen (secondary N) is 1. The van der Waals surface area contributed by atoms with E-state index in [2.05, 4.69) is 4.72 Å². The molecule has 0 aromatic heterocycles. The predicted octanol–water partition coefficient (Wildman–Crippen LogP) is 1.81. The number of rotatable bonds is 5. The summed E-state index contributed by atoms with van der Waals surface area (Å²) in [4.78, 5) is 0.252. The highest BCUT2D eigenvalue weighted by Crippen LogP contribution is 2.19. The lowest BCUT2D eigenvalue weighted by molar-refractivity contribution is 0.0123. The number of nitrogen functional groups attached to an aromatic ring is 1. The third kappa shape index (κ3) is 3.94. The summed E-state index contributed by atoms with van der Waals surface area (Å²) < 4.78 is 32.7. The maximum Gasteiger partial charge on any atom is 0.240 e. The van der Waals surface area contributed by atoms with Crippen molar-refractivity contribution < 1.29 is 13.2 Å². The molecular weight excluding hydrogens is 276 g/mol. The molecule has 0 spiro atoms. The van der Waals surface area contributed by atoms with E-state index in [0.29, 0.717) is 24.2 Å². The van der Waals surface area contributed by atoms with Crippen LogP contribution in [-0.4, -0.2) is 27.7 Å².